The van der Waals surface area contributed by atoms with Gasteiger partial charge < -0.3 is 9.29 Å². The van der Waals surface area contributed by atoms with Crippen LogP contribution in [0.2, 0.25) is 0 Å². The van der Waals surface area contributed by atoms with Gasteiger partial charge in [-0.15, -0.1) is 0 Å². The molecule has 0 unspecified atom stereocenters. The van der Waals surface area contributed by atoms with E-state index in [-0.39, 0.29) is 12.4 Å². The summed E-state index contributed by atoms with van der Waals surface area (Å²) in [5.74, 6) is 5.00. The third kappa shape index (κ3) is 6.40. The standard InChI is InChI=1S/C13H12F3N2O.C9H12OS/c14-13(15,16)12-11(7-4-8-18(12)17)19-9-10-5-2-1-3-6-10;1-6-4-7(2)9(11-10)8(3)5-6/h1-8H,9,17H2;4-5,10H,1-3H3/q+1;. The number of alkyl halides is 3. The number of aromatic nitrogens is 1. The molecule has 0 aliphatic rings. The highest BCUT2D eigenvalue weighted by molar-refractivity contribution is 7.93. The molecule has 3 rings (SSSR count). The van der Waals surface area contributed by atoms with Gasteiger partial charge in [-0.2, -0.15) is 13.2 Å². The minimum atomic E-state index is -4.57. The van der Waals surface area contributed by atoms with Crippen LogP contribution >= 0.6 is 12.0 Å². The van der Waals surface area contributed by atoms with Crippen molar-refractivity contribution in [2.45, 2.75) is 38.4 Å². The van der Waals surface area contributed by atoms with Crippen molar-refractivity contribution in [3.63, 3.8) is 0 Å². The Labute approximate surface area is 178 Å². The molecule has 0 fully saturated rings. The maximum absolute atomic E-state index is 12.9. The highest BCUT2D eigenvalue weighted by Crippen LogP contribution is 2.33. The normalized spacial score (nSPS) is 10.9. The maximum atomic E-state index is 12.9. The van der Waals surface area contributed by atoms with E-state index in [1.54, 1.807) is 24.3 Å². The summed E-state index contributed by atoms with van der Waals surface area (Å²) in [5, 5.41) is 0. The van der Waals surface area contributed by atoms with Gasteiger partial charge in [0.25, 0.3) is 0 Å². The second-order valence-corrected chi connectivity index (χ2v) is 7.31. The number of nitrogens with zero attached hydrogens (tertiary/aromatic N) is 1. The second kappa shape index (κ2) is 10.4. The highest BCUT2D eigenvalue weighted by atomic mass is 32.2. The van der Waals surface area contributed by atoms with Crippen molar-refractivity contribution >= 4 is 12.0 Å². The molecule has 4 nitrogen and oxygen atoms in total. The van der Waals surface area contributed by atoms with Gasteiger partial charge in [0.2, 0.25) is 0 Å². The van der Waals surface area contributed by atoms with Crippen LogP contribution in [0.4, 0.5) is 13.2 Å². The van der Waals surface area contributed by atoms with Crippen LogP contribution in [0.15, 0.2) is 65.7 Å². The molecule has 0 spiro atoms. The van der Waals surface area contributed by atoms with E-state index in [0.717, 1.165) is 39.8 Å². The third-order valence-corrected chi connectivity index (χ3v) is 5.01. The SMILES string of the molecule is Cc1cc(C)c(SO)c(C)c1.N[n+]1cccc(OCc2ccccc2)c1C(F)(F)F. The molecular formula is C22H24F3N2O2S+. The minimum Gasteiger partial charge on any atom is -0.482 e. The monoisotopic (exact) mass is 437 g/mol. The van der Waals surface area contributed by atoms with Gasteiger partial charge in [0.1, 0.15) is 6.61 Å². The summed E-state index contributed by atoms with van der Waals surface area (Å²) < 4.78 is 53.2. The summed E-state index contributed by atoms with van der Waals surface area (Å²) in [6.07, 6.45) is -3.44. The first-order chi connectivity index (χ1) is 14.1. The lowest BCUT2D eigenvalue weighted by molar-refractivity contribution is -0.660. The molecule has 0 aliphatic carbocycles. The van der Waals surface area contributed by atoms with Crippen LogP contribution in [0.5, 0.6) is 5.75 Å². The molecule has 30 heavy (non-hydrogen) atoms. The Morgan fingerprint density at radius 3 is 2.13 bits per heavy atom. The van der Waals surface area contributed by atoms with Gasteiger partial charge in [-0.25, -0.2) is 5.84 Å². The number of benzene rings is 2. The lowest BCUT2D eigenvalue weighted by Crippen LogP contribution is -2.50. The molecular weight excluding hydrogens is 413 g/mol. The number of nitrogen functional groups attached to an aromatic ring is 1. The van der Waals surface area contributed by atoms with Gasteiger partial charge in [-0.3, -0.25) is 0 Å². The number of halogens is 3. The average molecular weight is 438 g/mol. The molecule has 8 heteroatoms. The quantitative estimate of drug-likeness (QED) is 0.323. The number of ether oxygens (including phenoxy) is 1. The molecule has 0 saturated heterocycles. The van der Waals surface area contributed by atoms with Gasteiger partial charge in [-0.05, 0) is 43.5 Å². The smallest absolute Gasteiger partial charge is 0.482 e. The first-order valence-electron chi connectivity index (χ1n) is 9.06. The molecule has 0 aliphatic heterocycles. The number of hydrogen-bond acceptors (Lipinski definition) is 4. The van der Waals surface area contributed by atoms with Crippen LogP contribution < -0.4 is 15.3 Å². The Balaban J connectivity index is 0.000000248. The van der Waals surface area contributed by atoms with E-state index in [9.17, 15) is 13.2 Å². The maximum Gasteiger partial charge on any atom is 0.484 e. The van der Waals surface area contributed by atoms with Crippen LogP contribution in [-0.4, -0.2) is 4.55 Å². The van der Waals surface area contributed by atoms with Gasteiger partial charge in [0.05, 0.1) is 0 Å². The Bertz CT molecular complexity index is 957. The molecule has 0 amide bonds. The lowest BCUT2D eigenvalue weighted by Gasteiger charge is -2.10. The van der Waals surface area contributed by atoms with Crippen molar-refractivity contribution in [3.8, 4) is 5.75 Å². The van der Waals surface area contributed by atoms with Crippen LogP contribution in [0, 0.1) is 20.8 Å². The molecule has 3 aromatic rings. The molecule has 1 heterocycles. The third-order valence-electron chi connectivity index (χ3n) is 4.19. The molecule has 0 atom stereocenters. The summed E-state index contributed by atoms with van der Waals surface area (Å²) >= 11 is 0.831. The predicted molar refractivity (Wildman–Crippen MR) is 112 cm³/mol. The number of hydrogen-bond donors (Lipinski definition) is 2. The fourth-order valence-electron chi connectivity index (χ4n) is 2.95. The summed E-state index contributed by atoms with van der Waals surface area (Å²) in [6, 6.07) is 15.7. The average Bonchev–Trinajstić information content (AvgIpc) is 2.66. The largest absolute Gasteiger partial charge is 0.484 e. The fraction of sp³-hybridized carbons (Fsp3) is 0.227. The number of aryl methyl sites for hydroxylation is 3. The molecule has 3 N–H and O–H groups in total. The Morgan fingerprint density at radius 2 is 1.60 bits per heavy atom. The minimum absolute atomic E-state index is 0.0495. The second-order valence-electron chi connectivity index (χ2n) is 6.72. The van der Waals surface area contributed by atoms with Gasteiger partial charge in [-0.1, -0.05) is 52.7 Å². The van der Waals surface area contributed by atoms with E-state index in [1.165, 1.54) is 17.7 Å². The van der Waals surface area contributed by atoms with Crippen LogP contribution in [0.25, 0.3) is 0 Å². The van der Waals surface area contributed by atoms with Gasteiger partial charge in [0.15, 0.2) is 11.9 Å². The molecule has 1 aromatic heterocycles. The zero-order valence-electron chi connectivity index (χ0n) is 16.9. The topological polar surface area (TPSA) is 59.4 Å². The highest BCUT2D eigenvalue weighted by Gasteiger charge is 2.45. The van der Waals surface area contributed by atoms with E-state index in [0.29, 0.717) is 4.68 Å². The Kier molecular flexibility index (Phi) is 8.14. The molecule has 0 saturated carbocycles. The molecule has 2 aromatic carbocycles. The fourth-order valence-corrected chi connectivity index (χ4v) is 3.36. The van der Waals surface area contributed by atoms with Crippen molar-refractivity contribution in [1.29, 1.82) is 0 Å². The first-order valence-corrected chi connectivity index (χ1v) is 9.83. The number of pyridine rings is 1. The van der Waals surface area contributed by atoms with Gasteiger partial charge >= 0.3 is 11.9 Å². The van der Waals surface area contributed by atoms with E-state index in [4.69, 9.17) is 15.1 Å². The zero-order valence-corrected chi connectivity index (χ0v) is 17.7. The van der Waals surface area contributed by atoms with Crippen LogP contribution in [-0.2, 0) is 12.8 Å². The van der Waals surface area contributed by atoms with Crippen molar-refractivity contribution in [1.82, 2.24) is 0 Å². The number of rotatable bonds is 4. The molecule has 0 bridgehead atoms. The van der Waals surface area contributed by atoms with Crippen molar-refractivity contribution < 1.29 is 27.1 Å². The summed E-state index contributed by atoms with van der Waals surface area (Å²) in [4.78, 5) is 0.982. The number of nitrogens with two attached hydrogens (primary N) is 1. The Morgan fingerprint density at radius 1 is 1.00 bits per heavy atom. The summed E-state index contributed by atoms with van der Waals surface area (Å²) in [7, 11) is 0. The molecule has 0 radical (unpaired) electrons. The van der Waals surface area contributed by atoms with E-state index >= 15 is 0 Å². The lowest BCUT2D eigenvalue weighted by atomic mass is 10.1. The van der Waals surface area contributed by atoms with Crippen molar-refractivity contribution in [3.05, 3.63) is 88.7 Å². The van der Waals surface area contributed by atoms with Crippen molar-refractivity contribution in [2.24, 2.45) is 0 Å². The van der Waals surface area contributed by atoms with Crippen LogP contribution in [0.1, 0.15) is 27.9 Å². The predicted octanol–water partition coefficient (Wildman–Crippen LogP) is 5.46. The van der Waals surface area contributed by atoms with Gasteiger partial charge in [0, 0.05) is 23.0 Å². The zero-order chi connectivity index (χ0) is 22.3. The van der Waals surface area contributed by atoms with E-state index in [2.05, 4.69) is 19.1 Å². The van der Waals surface area contributed by atoms with Crippen LogP contribution in [0.3, 0.4) is 0 Å². The van der Waals surface area contributed by atoms with E-state index in [1.807, 2.05) is 19.9 Å². The summed E-state index contributed by atoms with van der Waals surface area (Å²) in [5.41, 5.74) is 3.32. The Hall–Kier alpha value is -2.71. The molecule has 160 valence electrons. The van der Waals surface area contributed by atoms with Crippen molar-refractivity contribution in [2.75, 3.05) is 5.84 Å². The first kappa shape index (κ1) is 23.6. The van der Waals surface area contributed by atoms with E-state index < -0.39 is 11.9 Å². The summed E-state index contributed by atoms with van der Waals surface area (Å²) in [6.45, 7) is 6.14.